The predicted molar refractivity (Wildman–Crippen MR) is 125 cm³/mol. The van der Waals surface area contributed by atoms with Crippen molar-refractivity contribution in [3.63, 3.8) is 0 Å². The second kappa shape index (κ2) is 7.81. The van der Waals surface area contributed by atoms with Crippen LogP contribution >= 0.6 is 0 Å². The second-order valence-electron chi connectivity index (χ2n) is 8.23. The summed E-state index contributed by atoms with van der Waals surface area (Å²) in [4.78, 5) is 26.7. The largest absolute Gasteiger partial charge is 0.496 e. The van der Waals surface area contributed by atoms with Gasteiger partial charge in [0.05, 0.1) is 35.6 Å². The fraction of sp³-hybridized carbons (Fsp3) is 0.240. The number of carbonyl (C=O) groups excluding carboxylic acids is 1. The van der Waals surface area contributed by atoms with Gasteiger partial charge in [0.2, 0.25) is 5.78 Å². The molecule has 4 heterocycles. The van der Waals surface area contributed by atoms with Gasteiger partial charge in [-0.25, -0.2) is 4.98 Å². The summed E-state index contributed by atoms with van der Waals surface area (Å²) >= 11 is 0. The predicted octanol–water partition coefficient (Wildman–Crippen LogP) is 5.07. The molecule has 5 rings (SSSR count). The summed E-state index contributed by atoms with van der Waals surface area (Å²) in [7, 11) is 1.63. The molecule has 5 aromatic rings. The maximum Gasteiger partial charge on any atom is 0.230 e. The Labute approximate surface area is 190 Å². The van der Waals surface area contributed by atoms with Gasteiger partial charge in [-0.05, 0) is 52.0 Å². The number of imidazole rings is 1. The van der Waals surface area contributed by atoms with E-state index >= 15 is 0 Å². The number of aromatic nitrogens is 5. The smallest absolute Gasteiger partial charge is 0.230 e. The Hall–Kier alpha value is -4.07. The maximum atomic E-state index is 13.3. The number of fused-ring (bicyclic) bond motifs is 3. The van der Waals surface area contributed by atoms with E-state index in [1.165, 1.54) is 0 Å². The first kappa shape index (κ1) is 20.8. The number of benzene rings is 1. The molecule has 0 unspecified atom stereocenters. The highest BCUT2D eigenvalue weighted by Gasteiger charge is 2.24. The minimum Gasteiger partial charge on any atom is -0.496 e. The van der Waals surface area contributed by atoms with E-state index in [9.17, 15) is 4.79 Å². The number of ketones is 1. The molecule has 0 fully saturated rings. The van der Waals surface area contributed by atoms with Crippen LogP contribution in [-0.2, 0) is 0 Å². The van der Waals surface area contributed by atoms with Gasteiger partial charge < -0.3 is 13.8 Å². The zero-order chi connectivity index (χ0) is 23.3. The molecule has 0 spiro atoms. The number of aryl methyl sites for hydroxylation is 2. The molecule has 33 heavy (non-hydrogen) atoms. The topological polar surface area (TPSA) is 95.9 Å². The molecule has 0 saturated heterocycles. The van der Waals surface area contributed by atoms with Crippen molar-refractivity contribution in [2.45, 2.75) is 33.7 Å². The molecule has 0 aliphatic heterocycles. The van der Waals surface area contributed by atoms with Gasteiger partial charge in [-0.2, -0.15) is 0 Å². The summed E-state index contributed by atoms with van der Waals surface area (Å²) in [6.07, 6.45) is 4.91. The molecule has 8 nitrogen and oxygen atoms in total. The molecule has 0 atom stereocenters. The molecule has 0 aliphatic rings. The van der Waals surface area contributed by atoms with Crippen molar-refractivity contribution in [1.82, 2.24) is 24.7 Å². The molecule has 0 bridgehead atoms. The number of hydrogen-bond donors (Lipinski definition) is 0. The number of pyridine rings is 2. The van der Waals surface area contributed by atoms with Crippen LogP contribution in [0.3, 0.4) is 0 Å². The zero-order valence-corrected chi connectivity index (χ0v) is 19.1. The summed E-state index contributed by atoms with van der Waals surface area (Å²) in [5, 5.41) is 4.93. The summed E-state index contributed by atoms with van der Waals surface area (Å²) < 4.78 is 13.1. The number of methoxy groups -OCH3 is 1. The van der Waals surface area contributed by atoms with Crippen LogP contribution in [0.4, 0.5) is 0 Å². The molecule has 0 aliphatic carbocycles. The van der Waals surface area contributed by atoms with Crippen molar-refractivity contribution < 1.29 is 14.1 Å². The monoisotopic (exact) mass is 441 g/mol. The highest BCUT2D eigenvalue weighted by molar-refractivity contribution is 6.11. The van der Waals surface area contributed by atoms with Gasteiger partial charge in [-0.3, -0.25) is 14.8 Å². The Kier molecular flexibility index (Phi) is 4.92. The lowest BCUT2D eigenvalue weighted by molar-refractivity contribution is 0.102. The van der Waals surface area contributed by atoms with Gasteiger partial charge in [0.25, 0.3) is 0 Å². The van der Waals surface area contributed by atoms with E-state index in [1.807, 2.05) is 44.4 Å². The number of hydrogen-bond acceptors (Lipinski definition) is 7. The SMILES string of the molecule is COc1cc2c(cc1-c1c(C)noc1C)ncc1nc(C(=O)c3cccnc3)n(C(C)C)c12. The van der Waals surface area contributed by atoms with Gasteiger partial charge >= 0.3 is 0 Å². The lowest BCUT2D eigenvalue weighted by atomic mass is 10.0. The van der Waals surface area contributed by atoms with Gasteiger partial charge in [0.15, 0.2) is 5.82 Å². The van der Waals surface area contributed by atoms with Crippen LogP contribution in [0.1, 0.15) is 47.5 Å². The molecular formula is C25H23N5O3. The highest BCUT2D eigenvalue weighted by Crippen LogP contribution is 2.39. The lowest BCUT2D eigenvalue weighted by Gasteiger charge is -2.15. The fourth-order valence-electron chi connectivity index (χ4n) is 4.32. The highest BCUT2D eigenvalue weighted by atomic mass is 16.5. The Bertz CT molecular complexity index is 1500. The minimum atomic E-state index is -0.180. The summed E-state index contributed by atoms with van der Waals surface area (Å²) in [6, 6.07) is 7.40. The molecule has 0 amide bonds. The van der Waals surface area contributed by atoms with Crippen LogP contribution in [0.2, 0.25) is 0 Å². The maximum absolute atomic E-state index is 13.3. The van der Waals surface area contributed by atoms with E-state index in [1.54, 1.807) is 37.8 Å². The van der Waals surface area contributed by atoms with Gasteiger partial charge in [-0.1, -0.05) is 5.16 Å². The first-order valence-electron chi connectivity index (χ1n) is 10.7. The average Bonchev–Trinajstić information content (AvgIpc) is 3.38. The Balaban J connectivity index is 1.81. The van der Waals surface area contributed by atoms with E-state index in [4.69, 9.17) is 9.26 Å². The number of carbonyl (C=O) groups is 1. The number of ether oxygens (including phenoxy) is 1. The van der Waals surface area contributed by atoms with E-state index in [-0.39, 0.29) is 11.8 Å². The normalized spacial score (nSPS) is 11.6. The fourth-order valence-corrected chi connectivity index (χ4v) is 4.32. The van der Waals surface area contributed by atoms with E-state index in [2.05, 4.69) is 20.1 Å². The molecule has 0 N–H and O–H groups in total. The van der Waals surface area contributed by atoms with E-state index in [0.717, 1.165) is 33.2 Å². The Morgan fingerprint density at radius 3 is 2.61 bits per heavy atom. The third kappa shape index (κ3) is 3.26. The molecule has 0 saturated carbocycles. The van der Waals surface area contributed by atoms with Crippen LogP contribution in [0.5, 0.6) is 5.75 Å². The third-order valence-electron chi connectivity index (χ3n) is 5.78. The molecular weight excluding hydrogens is 418 g/mol. The molecule has 166 valence electrons. The summed E-state index contributed by atoms with van der Waals surface area (Å²) in [5.41, 5.74) is 5.27. The van der Waals surface area contributed by atoms with Gasteiger partial charge in [0.1, 0.15) is 17.0 Å². The Morgan fingerprint density at radius 1 is 1.15 bits per heavy atom. The quantitative estimate of drug-likeness (QED) is 0.351. The van der Waals surface area contributed by atoms with Crippen LogP contribution in [0.15, 0.2) is 47.4 Å². The molecule has 8 heteroatoms. The van der Waals surface area contributed by atoms with Crippen molar-refractivity contribution in [3.05, 3.63) is 65.7 Å². The second-order valence-corrected chi connectivity index (χ2v) is 8.23. The summed E-state index contributed by atoms with van der Waals surface area (Å²) in [5.74, 6) is 1.56. The van der Waals surface area contributed by atoms with Crippen LogP contribution in [0.25, 0.3) is 33.1 Å². The first-order chi connectivity index (χ1) is 15.9. The molecule has 1 aromatic carbocycles. The standard InChI is InChI=1S/C25H23N5O3/c1-13(2)30-23-17-10-21(32-5)18(22-14(3)29-33-15(22)4)9-19(17)27-12-20(23)28-25(30)24(31)16-7-6-8-26-11-16/h6-13H,1-5H3. The van der Waals surface area contributed by atoms with E-state index < -0.39 is 0 Å². The zero-order valence-electron chi connectivity index (χ0n) is 19.1. The number of rotatable bonds is 5. The minimum absolute atomic E-state index is 0.00976. The van der Waals surface area contributed by atoms with Crippen molar-refractivity contribution >= 4 is 27.7 Å². The van der Waals surface area contributed by atoms with Crippen LogP contribution in [0, 0.1) is 13.8 Å². The van der Waals surface area contributed by atoms with Gasteiger partial charge in [-0.15, -0.1) is 0 Å². The van der Waals surface area contributed by atoms with Crippen LogP contribution < -0.4 is 4.74 Å². The molecule has 0 radical (unpaired) electrons. The van der Waals surface area contributed by atoms with E-state index in [0.29, 0.717) is 28.4 Å². The van der Waals surface area contributed by atoms with Crippen LogP contribution in [-0.4, -0.2) is 37.6 Å². The summed E-state index contributed by atoms with van der Waals surface area (Å²) in [6.45, 7) is 7.84. The third-order valence-corrected chi connectivity index (χ3v) is 5.78. The van der Waals surface area contributed by atoms with Crippen molar-refractivity contribution in [2.24, 2.45) is 0 Å². The first-order valence-corrected chi connectivity index (χ1v) is 10.7. The lowest BCUT2D eigenvalue weighted by Crippen LogP contribution is -2.13. The van der Waals surface area contributed by atoms with Crippen molar-refractivity contribution in [1.29, 1.82) is 0 Å². The van der Waals surface area contributed by atoms with Crippen molar-refractivity contribution in [2.75, 3.05) is 7.11 Å². The number of nitrogens with zero attached hydrogens (tertiary/aromatic N) is 5. The average molecular weight is 441 g/mol. The Morgan fingerprint density at radius 2 is 1.97 bits per heavy atom. The van der Waals surface area contributed by atoms with Crippen molar-refractivity contribution in [3.8, 4) is 16.9 Å². The van der Waals surface area contributed by atoms with Gasteiger partial charge in [0, 0.05) is 34.9 Å². The molecule has 4 aromatic heterocycles.